The second-order valence-electron chi connectivity index (χ2n) is 6.54. The number of hydrogen-bond acceptors (Lipinski definition) is 7. The number of nitrogens with zero attached hydrogens (tertiary/aromatic N) is 3. The van der Waals surface area contributed by atoms with Gasteiger partial charge in [-0.2, -0.15) is 5.10 Å². The molecule has 0 atom stereocenters. The van der Waals surface area contributed by atoms with Gasteiger partial charge in [0.15, 0.2) is 6.61 Å². The molecule has 2 aromatic carbocycles. The third kappa shape index (κ3) is 4.73. The van der Waals surface area contributed by atoms with Gasteiger partial charge in [0, 0.05) is 29.3 Å². The van der Waals surface area contributed by atoms with E-state index in [4.69, 9.17) is 20.8 Å². The number of amides is 1. The van der Waals surface area contributed by atoms with Crippen molar-refractivity contribution in [3.63, 3.8) is 0 Å². The minimum atomic E-state index is -0.529. The summed E-state index contributed by atoms with van der Waals surface area (Å²) in [6.45, 7) is -0.241. The lowest BCUT2D eigenvalue weighted by Crippen LogP contribution is -2.24. The van der Waals surface area contributed by atoms with Crippen LogP contribution in [0.25, 0.3) is 22.2 Å². The van der Waals surface area contributed by atoms with Crippen molar-refractivity contribution >= 4 is 40.3 Å². The van der Waals surface area contributed by atoms with Gasteiger partial charge in [-0.3, -0.25) is 19.9 Å². The van der Waals surface area contributed by atoms with Crippen molar-refractivity contribution in [2.75, 3.05) is 6.61 Å². The predicted molar refractivity (Wildman–Crippen MR) is 119 cm³/mol. The second-order valence-corrected chi connectivity index (χ2v) is 6.94. The van der Waals surface area contributed by atoms with Gasteiger partial charge in [-0.05, 0) is 30.3 Å². The number of hydrazone groups is 1. The number of nitro benzene ring substituents is 1. The van der Waals surface area contributed by atoms with Crippen molar-refractivity contribution in [3.8, 4) is 17.1 Å². The summed E-state index contributed by atoms with van der Waals surface area (Å²) in [5.41, 5.74) is 3.40. The molecule has 4 rings (SSSR count). The Bertz CT molecular complexity index is 1330. The summed E-state index contributed by atoms with van der Waals surface area (Å²) >= 11 is 6.11. The smallest absolute Gasteiger partial charge is 0.277 e. The monoisotopic (exact) mass is 450 g/mol. The van der Waals surface area contributed by atoms with Crippen molar-refractivity contribution in [3.05, 3.63) is 87.8 Å². The molecule has 0 saturated carbocycles. The van der Waals surface area contributed by atoms with Crippen LogP contribution in [-0.2, 0) is 4.79 Å². The first-order valence-corrected chi connectivity index (χ1v) is 9.71. The Balaban J connectivity index is 1.35. The van der Waals surface area contributed by atoms with Crippen LogP contribution in [0.4, 0.5) is 5.69 Å². The van der Waals surface area contributed by atoms with Gasteiger partial charge >= 0.3 is 0 Å². The fourth-order valence-corrected chi connectivity index (χ4v) is 3.19. The van der Waals surface area contributed by atoms with E-state index in [1.54, 1.807) is 24.4 Å². The molecule has 0 aliphatic carbocycles. The number of nitrogens with one attached hydrogen (secondary N) is 1. The highest BCUT2D eigenvalue weighted by molar-refractivity contribution is 6.33. The molecule has 0 radical (unpaired) electrons. The SMILES string of the molecule is O=C(COc1cccc2cccnc12)N/N=C\c1ccc(-c2ccc([N+](=O)[O-])cc2Cl)o1. The van der Waals surface area contributed by atoms with Crippen molar-refractivity contribution < 1.29 is 18.9 Å². The minimum absolute atomic E-state index is 0.115. The maximum absolute atomic E-state index is 12.0. The fourth-order valence-electron chi connectivity index (χ4n) is 2.92. The Labute approximate surface area is 186 Å². The van der Waals surface area contributed by atoms with E-state index in [-0.39, 0.29) is 17.3 Å². The van der Waals surface area contributed by atoms with Gasteiger partial charge < -0.3 is 9.15 Å². The summed E-state index contributed by atoms with van der Waals surface area (Å²) < 4.78 is 11.2. The maximum Gasteiger partial charge on any atom is 0.277 e. The lowest BCUT2D eigenvalue weighted by molar-refractivity contribution is -0.384. The molecule has 160 valence electrons. The molecule has 4 aromatic rings. The van der Waals surface area contributed by atoms with Crippen LogP contribution >= 0.6 is 11.6 Å². The largest absolute Gasteiger partial charge is 0.481 e. The summed E-state index contributed by atoms with van der Waals surface area (Å²) in [6, 6.07) is 16.5. The molecule has 2 aromatic heterocycles. The highest BCUT2D eigenvalue weighted by Crippen LogP contribution is 2.32. The number of halogens is 1. The summed E-state index contributed by atoms with van der Waals surface area (Å²) in [7, 11) is 0. The molecule has 32 heavy (non-hydrogen) atoms. The molecule has 1 N–H and O–H groups in total. The molecular weight excluding hydrogens is 436 g/mol. The lowest BCUT2D eigenvalue weighted by atomic mass is 10.1. The van der Waals surface area contributed by atoms with E-state index in [9.17, 15) is 14.9 Å². The average molecular weight is 451 g/mol. The number of non-ortho nitro benzene ring substituents is 1. The molecule has 0 fully saturated rings. The average Bonchev–Trinajstić information content (AvgIpc) is 3.26. The molecule has 2 heterocycles. The number of furan rings is 1. The van der Waals surface area contributed by atoms with E-state index in [1.165, 1.54) is 24.4 Å². The number of carbonyl (C=O) groups is 1. The van der Waals surface area contributed by atoms with Crippen molar-refractivity contribution in [2.24, 2.45) is 5.10 Å². The van der Waals surface area contributed by atoms with E-state index in [0.717, 1.165) is 5.39 Å². The number of ether oxygens (including phenoxy) is 1. The first kappa shape index (κ1) is 21.0. The molecular formula is C22H15ClN4O5. The van der Waals surface area contributed by atoms with Gasteiger partial charge in [0.1, 0.15) is 22.8 Å². The molecule has 9 nitrogen and oxygen atoms in total. The summed E-state index contributed by atoms with van der Waals surface area (Å²) in [5, 5.41) is 15.8. The topological polar surface area (TPSA) is 120 Å². The Morgan fingerprint density at radius 2 is 2.06 bits per heavy atom. The van der Waals surface area contributed by atoms with Crippen molar-refractivity contribution in [2.45, 2.75) is 0 Å². The normalized spacial score (nSPS) is 11.0. The molecule has 0 saturated heterocycles. The van der Waals surface area contributed by atoms with Gasteiger partial charge in [0.2, 0.25) is 0 Å². The highest BCUT2D eigenvalue weighted by atomic mass is 35.5. The van der Waals surface area contributed by atoms with E-state index >= 15 is 0 Å². The molecule has 0 aliphatic heterocycles. The van der Waals surface area contributed by atoms with Gasteiger partial charge in [-0.1, -0.05) is 29.8 Å². The molecule has 0 unspecified atom stereocenters. The lowest BCUT2D eigenvalue weighted by Gasteiger charge is -2.07. The number of pyridine rings is 1. The van der Waals surface area contributed by atoms with E-state index in [2.05, 4.69) is 15.5 Å². The first-order valence-electron chi connectivity index (χ1n) is 9.34. The third-order valence-corrected chi connectivity index (χ3v) is 4.70. The molecule has 1 amide bonds. The Hall–Kier alpha value is -4.24. The number of fused-ring (bicyclic) bond motifs is 1. The predicted octanol–water partition coefficient (Wildman–Crippen LogP) is 4.59. The van der Waals surface area contributed by atoms with Crippen LogP contribution in [0, 0.1) is 10.1 Å². The highest BCUT2D eigenvalue weighted by Gasteiger charge is 2.13. The van der Waals surface area contributed by atoms with Crippen LogP contribution < -0.4 is 10.2 Å². The van der Waals surface area contributed by atoms with E-state index < -0.39 is 10.8 Å². The number of carbonyl (C=O) groups excluding carboxylic acids is 1. The van der Waals surface area contributed by atoms with Crippen molar-refractivity contribution in [1.29, 1.82) is 0 Å². The second kappa shape index (κ2) is 9.27. The van der Waals surface area contributed by atoms with Gasteiger partial charge in [-0.15, -0.1) is 0 Å². The summed E-state index contributed by atoms with van der Waals surface area (Å²) in [5.74, 6) is 0.801. The number of nitro groups is 1. The van der Waals surface area contributed by atoms with Gasteiger partial charge in [0.25, 0.3) is 11.6 Å². The van der Waals surface area contributed by atoms with Crippen LogP contribution in [0.2, 0.25) is 5.02 Å². The zero-order valence-corrected chi connectivity index (χ0v) is 17.2. The Kier molecular flexibility index (Phi) is 6.09. The zero-order chi connectivity index (χ0) is 22.5. The van der Waals surface area contributed by atoms with Crippen LogP contribution in [0.15, 0.2) is 76.4 Å². The number of rotatable bonds is 7. The number of para-hydroxylation sites is 1. The maximum atomic E-state index is 12.0. The van der Waals surface area contributed by atoms with E-state index in [1.807, 2.05) is 24.3 Å². The zero-order valence-electron chi connectivity index (χ0n) is 16.4. The van der Waals surface area contributed by atoms with Gasteiger partial charge in [-0.25, -0.2) is 5.43 Å². The number of hydrogen-bond donors (Lipinski definition) is 1. The Morgan fingerprint density at radius 1 is 1.22 bits per heavy atom. The van der Waals surface area contributed by atoms with Crippen LogP contribution in [0.5, 0.6) is 5.75 Å². The molecule has 10 heteroatoms. The molecule has 0 spiro atoms. The molecule has 0 aliphatic rings. The standard InChI is InChI=1S/C22H15ClN4O5/c23-18-11-15(27(29)30)6-8-17(18)19-9-7-16(32-19)12-25-26-21(28)13-31-20-5-1-3-14-4-2-10-24-22(14)20/h1-12H,13H2,(H,26,28)/b25-12-. The quantitative estimate of drug-likeness (QED) is 0.250. The van der Waals surface area contributed by atoms with Gasteiger partial charge in [0.05, 0.1) is 16.2 Å². The first-order chi connectivity index (χ1) is 15.5. The molecule has 0 bridgehead atoms. The summed E-state index contributed by atoms with van der Waals surface area (Å²) in [6.07, 6.45) is 2.97. The fraction of sp³-hybridized carbons (Fsp3) is 0.0455. The van der Waals surface area contributed by atoms with Crippen LogP contribution in [-0.4, -0.2) is 28.6 Å². The van der Waals surface area contributed by atoms with E-state index in [0.29, 0.717) is 28.4 Å². The number of benzene rings is 2. The summed E-state index contributed by atoms with van der Waals surface area (Å²) in [4.78, 5) is 26.6. The van der Waals surface area contributed by atoms with Crippen LogP contribution in [0.1, 0.15) is 5.76 Å². The third-order valence-electron chi connectivity index (χ3n) is 4.39. The minimum Gasteiger partial charge on any atom is -0.481 e. The number of aromatic nitrogens is 1. The Morgan fingerprint density at radius 3 is 2.88 bits per heavy atom. The van der Waals surface area contributed by atoms with Crippen molar-refractivity contribution in [1.82, 2.24) is 10.4 Å². The van der Waals surface area contributed by atoms with Crippen LogP contribution in [0.3, 0.4) is 0 Å².